The number of hydrogen-bond acceptors (Lipinski definition) is 4. The van der Waals surface area contributed by atoms with Gasteiger partial charge in [0.2, 0.25) is 0 Å². The fraction of sp³-hybridized carbons (Fsp3) is 0.667. The zero-order valence-electron chi connectivity index (χ0n) is 15.0. The third kappa shape index (κ3) is 6.76. The van der Waals surface area contributed by atoms with Gasteiger partial charge in [-0.2, -0.15) is 0 Å². The van der Waals surface area contributed by atoms with Gasteiger partial charge < -0.3 is 14.8 Å². The van der Waals surface area contributed by atoms with Crippen LogP contribution in [-0.4, -0.2) is 29.9 Å². The number of rotatable bonds is 5. The lowest BCUT2D eigenvalue weighted by Gasteiger charge is -2.29. The highest BCUT2D eigenvalue weighted by Gasteiger charge is 2.27. The Kier molecular flexibility index (Phi) is 7.52. The first-order valence-corrected chi connectivity index (χ1v) is 9.89. The molecule has 0 radical (unpaired) electrons. The number of hydrogen-bond donors (Lipinski definition) is 1. The van der Waals surface area contributed by atoms with Crippen molar-refractivity contribution in [3.05, 3.63) is 28.0 Å². The van der Waals surface area contributed by atoms with Crippen molar-refractivity contribution in [1.82, 2.24) is 10.3 Å². The number of ether oxygens (including phenoxy) is 2. The third-order valence-corrected chi connectivity index (χ3v) is 4.76. The Bertz CT molecular complexity index is 586. The van der Waals surface area contributed by atoms with E-state index in [2.05, 4.69) is 26.2 Å². The molecular formula is C18H26BrClN2O3. The molecule has 25 heavy (non-hydrogen) atoms. The minimum atomic E-state index is -0.546. The van der Waals surface area contributed by atoms with Crippen LogP contribution in [0.4, 0.5) is 4.79 Å². The van der Waals surface area contributed by atoms with Gasteiger partial charge in [-0.3, -0.25) is 4.98 Å². The van der Waals surface area contributed by atoms with Crippen LogP contribution in [0.2, 0.25) is 0 Å². The SMILES string of the molecule is CC(C)(C)OC(=O)NC(CC1CCOCC1)c1ncc(Br)cc1CCl. The first-order chi connectivity index (χ1) is 11.8. The second-order valence-corrected chi connectivity index (χ2v) is 8.50. The zero-order chi connectivity index (χ0) is 18.4. The molecule has 1 N–H and O–H groups in total. The van der Waals surface area contributed by atoms with E-state index >= 15 is 0 Å². The van der Waals surface area contributed by atoms with Crippen LogP contribution in [0.15, 0.2) is 16.7 Å². The maximum Gasteiger partial charge on any atom is 0.408 e. The van der Waals surface area contributed by atoms with Crippen molar-refractivity contribution in [3.8, 4) is 0 Å². The lowest BCUT2D eigenvalue weighted by Crippen LogP contribution is -2.37. The van der Waals surface area contributed by atoms with Gasteiger partial charge in [-0.25, -0.2) is 4.79 Å². The predicted octanol–water partition coefficient (Wildman–Crippen LogP) is 4.97. The summed E-state index contributed by atoms with van der Waals surface area (Å²) in [6.45, 7) is 7.08. The van der Waals surface area contributed by atoms with Crippen LogP contribution in [0.3, 0.4) is 0 Å². The number of alkyl halides is 1. The Labute approximate surface area is 162 Å². The number of aromatic nitrogens is 1. The minimum Gasteiger partial charge on any atom is -0.444 e. The summed E-state index contributed by atoms with van der Waals surface area (Å²) in [5.74, 6) is 0.810. The lowest BCUT2D eigenvalue weighted by atomic mass is 9.90. The van der Waals surface area contributed by atoms with Crippen LogP contribution >= 0.6 is 27.5 Å². The van der Waals surface area contributed by atoms with Crippen LogP contribution in [0.25, 0.3) is 0 Å². The molecule has 0 saturated carbocycles. The number of carbonyl (C=O) groups excluding carboxylic acids is 1. The van der Waals surface area contributed by atoms with Gasteiger partial charge in [0.05, 0.1) is 11.7 Å². The van der Waals surface area contributed by atoms with Crippen LogP contribution in [-0.2, 0) is 15.4 Å². The Hall–Kier alpha value is -0.850. The van der Waals surface area contributed by atoms with E-state index in [4.69, 9.17) is 21.1 Å². The molecule has 1 aliphatic heterocycles. The van der Waals surface area contributed by atoms with E-state index in [1.54, 1.807) is 6.20 Å². The minimum absolute atomic E-state index is 0.236. The lowest BCUT2D eigenvalue weighted by molar-refractivity contribution is 0.0449. The summed E-state index contributed by atoms with van der Waals surface area (Å²) < 4.78 is 11.7. The van der Waals surface area contributed by atoms with E-state index < -0.39 is 11.7 Å². The van der Waals surface area contributed by atoms with E-state index in [1.807, 2.05) is 26.8 Å². The maximum absolute atomic E-state index is 12.3. The van der Waals surface area contributed by atoms with Crippen LogP contribution in [0.1, 0.15) is 57.3 Å². The highest BCUT2D eigenvalue weighted by Crippen LogP contribution is 2.30. The van der Waals surface area contributed by atoms with Crippen LogP contribution in [0, 0.1) is 5.92 Å². The van der Waals surface area contributed by atoms with Gasteiger partial charge in [-0.05, 0) is 73.5 Å². The summed E-state index contributed by atoms with van der Waals surface area (Å²) in [6.07, 6.45) is 4.06. The normalized spacial score (nSPS) is 17.2. The van der Waals surface area contributed by atoms with Gasteiger partial charge in [0, 0.05) is 29.8 Å². The highest BCUT2D eigenvalue weighted by atomic mass is 79.9. The molecule has 140 valence electrons. The number of pyridine rings is 1. The molecule has 1 atom stereocenters. The molecule has 0 bridgehead atoms. The number of amides is 1. The van der Waals surface area contributed by atoms with E-state index in [1.165, 1.54) is 0 Å². The molecule has 1 amide bonds. The molecule has 1 aliphatic rings. The molecule has 1 aromatic rings. The smallest absolute Gasteiger partial charge is 0.408 e. The highest BCUT2D eigenvalue weighted by molar-refractivity contribution is 9.10. The molecule has 1 aromatic heterocycles. The third-order valence-electron chi connectivity index (χ3n) is 4.04. The molecule has 1 fully saturated rings. The van der Waals surface area contributed by atoms with Gasteiger partial charge in [0.1, 0.15) is 5.60 Å². The van der Waals surface area contributed by atoms with E-state index in [0.717, 1.165) is 48.2 Å². The van der Waals surface area contributed by atoms with Gasteiger partial charge in [-0.1, -0.05) is 0 Å². The van der Waals surface area contributed by atoms with Gasteiger partial charge in [0.15, 0.2) is 0 Å². The molecule has 2 heterocycles. The standard InChI is InChI=1S/C18H26BrClN2O3/c1-18(2,3)25-17(23)22-15(8-12-4-6-24-7-5-12)16-13(10-20)9-14(19)11-21-16/h9,11-12,15H,4-8,10H2,1-3H3,(H,22,23). The summed E-state index contributed by atoms with van der Waals surface area (Å²) in [5.41, 5.74) is 1.16. The van der Waals surface area contributed by atoms with Gasteiger partial charge >= 0.3 is 6.09 Å². The Morgan fingerprint density at radius 2 is 2.16 bits per heavy atom. The molecule has 0 aliphatic carbocycles. The fourth-order valence-electron chi connectivity index (χ4n) is 2.92. The molecule has 0 aromatic carbocycles. The summed E-state index contributed by atoms with van der Waals surface area (Å²) in [4.78, 5) is 16.9. The summed E-state index contributed by atoms with van der Waals surface area (Å²) >= 11 is 9.53. The van der Waals surface area contributed by atoms with Crippen molar-refractivity contribution in [2.45, 2.75) is 57.6 Å². The van der Waals surface area contributed by atoms with Crippen molar-refractivity contribution in [2.75, 3.05) is 13.2 Å². The summed E-state index contributed by atoms with van der Waals surface area (Å²) in [6, 6.07) is 1.71. The molecular weight excluding hydrogens is 408 g/mol. The van der Waals surface area contributed by atoms with Crippen molar-refractivity contribution >= 4 is 33.6 Å². The number of nitrogens with zero attached hydrogens (tertiary/aromatic N) is 1. The second-order valence-electron chi connectivity index (χ2n) is 7.32. The predicted molar refractivity (Wildman–Crippen MR) is 102 cm³/mol. The van der Waals surface area contributed by atoms with Gasteiger partial charge in [0.25, 0.3) is 0 Å². The number of nitrogens with one attached hydrogen (secondary N) is 1. The van der Waals surface area contributed by atoms with Crippen molar-refractivity contribution in [2.24, 2.45) is 5.92 Å². The van der Waals surface area contributed by atoms with E-state index in [9.17, 15) is 4.79 Å². The van der Waals surface area contributed by atoms with Crippen molar-refractivity contribution in [3.63, 3.8) is 0 Å². The first kappa shape index (κ1) is 20.5. The van der Waals surface area contributed by atoms with Crippen molar-refractivity contribution in [1.29, 1.82) is 0 Å². The summed E-state index contributed by atoms with van der Waals surface area (Å²) in [7, 11) is 0. The monoisotopic (exact) mass is 432 g/mol. The largest absolute Gasteiger partial charge is 0.444 e. The Balaban J connectivity index is 2.20. The van der Waals surface area contributed by atoms with Crippen LogP contribution < -0.4 is 5.32 Å². The molecule has 7 heteroatoms. The Morgan fingerprint density at radius 3 is 2.76 bits per heavy atom. The zero-order valence-corrected chi connectivity index (χ0v) is 17.3. The number of alkyl carbamates (subject to hydrolysis) is 1. The second kappa shape index (κ2) is 9.19. The van der Waals surface area contributed by atoms with Gasteiger partial charge in [-0.15, -0.1) is 11.6 Å². The number of carbonyl (C=O) groups is 1. The Morgan fingerprint density at radius 1 is 1.48 bits per heavy atom. The molecule has 0 spiro atoms. The average Bonchev–Trinajstić information content (AvgIpc) is 2.53. The summed E-state index contributed by atoms with van der Waals surface area (Å²) in [5, 5.41) is 2.99. The first-order valence-electron chi connectivity index (χ1n) is 8.56. The molecule has 1 saturated heterocycles. The van der Waals surface area contributed by atoms with Crippen LogP contribution in [0.5, 0.6) is 0 Å². The van der Waals surface area contributed by atoms with Crippen molar-refractivity contribution < 1.29 is 14.3 Å². The fourth-order valence-corrected chi connectivity index (χ4v) is 3.51. The van der Waals surface area contributed by atoms with E-state index in [-0.39, 0.29) is 6.04 Å². The topological polar surface area (TPSA) is 60.5 Å². The van der Waals surface area contributed by atoms with E-state index in [0.29, 0.717) is 11.8 Å². The molecule has 1 unspecified atom stereocenters. The number of halogens is 2. The average molecular weight is 434 g/mol. The maximum atomic E-state index is 12.3. The molecule has 2 rings (SSSR count). The molecule has 5 nitrogen and oxygen atoms in total. The quantitative estimate of drug-likeness (QED) is 0.666.